The van der Waals surface area contributed by atoms with E-state index >= 15 is 0 Å². The van der Waals surface area contributed by atoms with Crippen LogP contribution in [0.3, 0.4) is 0 Å². The molecule has 4 rings (SSSR count). The van der Waals surface area contributed by atoms with Crippen LogP contribution in [0.25, 0.3) is 0 Å². The number of fused-ring (bicyclic) bond motifs is 2. The Bertz CT molecular complexity index is 889. The highest BCUT2D eigenvalue weighted by molar-refractivity contribution is 8.13. The Morgan fingerprint density at radius 1 is 0.880 bits per heavy atom. The van der Waals surface area contributed by atoms with E-state index < -0.39 is 0 Å². The summed E-state index contributed by atoms with van der Waals surface area (Å²) in [5.74, 6) is -0.272. The second-order valence-corrected chi connectivity index (χ2v) is 7.18. The molecule has 3 nitrogen and oxygen atoms in total. The van der Waals surface area contributed by atoms with Crippen LogP contribution < -0.4 is 10.6 Å². The SMILES string of the molecule is CN1c2ccccc2C(C(=O)Sc2ccc(N)cc2)c2ccccc21. The van der Waals surface area contributed by atoms with Crippen LogP contribution >= 0.6 is 11.8 Å². The second-order valence-electron chi connectivity index (χ2n) is 6.10. The highest BCUT2D eigenvalue weighted by atomic mass is 32.2. The van der Waals surface area contributed by atoms with E-state index in [1.54, 1.807) is 0 Å². The van der Waals surface area contributed by atoms with Gasteiger partial charge < -0.3 is 10.6 Å². The molecule has 2 N–H and O–H groups in total. The summed E-state index contributed by atoms with van der Waals surface area (Å²) in [5.41, 5.74) is 10.7. The largest absolute Gasteiger partial charge is 0.399 e. The van der Waals surface area contributed by atoms with Crippen molar-refractivity contribution in [3.63, 3.8) is 0 Å². The molecule has 0 atom stereocenters. The maximum atomic E-state index is 13.2. The number of nitrogens with zero attached hydrogens (tertiary/aromatic N) is 1. The topological polar surface area (TPSA) is 46.3 Å². The molecule has 4 heteroatoms. The summed E-state index contributed by atoms with van der Waals surface area (Å²) in [6.07, 6.45) is 0. The minimum absolute atomic E-state index is 0.123. The lowest BCUT2D eigenvalue weighted by Crippen LogP contribution is -2.24. The van der Waals surface area contributed by atoms with Gasteiger partial charge in [-0.05, 0) is 47.5 Å². The molecule has 0 aromatic heterocycles. The van der Waals surface area contributed by atoms with Gasteiger partial charge in [0, 0.05) is 29.0 Å². The van der Waals surface area contributed by atoms with Crippen LogP contribution in [-0.4, -0.2) is 12.2 Å². The molecule has 0 spiro atoms. The van der Waals surface area contributed by atoms with Crippen molar-refractivity contribution in [2.75, 3.05) is 17.7 Å². The number of nitrogen functional groups attached to an aromatic ring is 1. The number of hydrogen-bond donors (Lipinski definition) is 1. The number of nitrogens with two attached hydrogens (primary N) is 1. The number of benzene rings is 3. The standard InChI is InChI=1S/C21H18N2OS/c1-23-18-8-4-2-6-16(18)20(17-7-3-5-9-19(17)23)21(24)25-15-12-10-14(22)11-13-15/h2-13,20H,22H2,1H3. The molecule has 0 amide bonds. The van der Waals surface area contributed by atoms with Crippen LogP contribution in [0.15, 0.2) is 77.7 Å². The molecule has 0 saturated heterocycles. The quantitative estimate of drug-likeness (QED) is 0.535. The first-order chi connectivity index (χ1) is 12.1. The summed E-state index contributed by atoms with van der Waals surface area (Å²) in [6.45, 7) is 0. The van der Waals surface area contributed by atoms with Gasteiger partial charge in [0.15, 0.2) is 0 Å². The lowest BCUT2D eigenvalue weighted by atomic mass is 9.86. The fourth-order valence-corrected chi connectivity index (χ4v) is 4.21. The van der Waals surface area contributed by atoms with Crippen molar-refractivity contribution < 1.29 is 4.79 Å². The summed E-state index contributed by atoms with van der Waals surface area (Å²) in [4.78, 5) is 16.3. The summed E-state index contributed by atoms with van der Waals surface area (Å²) >= 11 is 1.27. The molecular weight excluding hydrogens is 328 g/mol. The van der Waals surface area contributed by atoms with Crippen molar-refractivity contribution in [2.45, 2.75) is 10.8 Å². The predicted octanol–water partition coefficient (Wildman–Crippen LogP) is 4.80. The number of thioether (sulfide) groups is 1. The zero-order valence-electron chi connectivity index (χ0n) is 13.8. The van der Waals surface area contributed by atoms with Gasteiger partial charge in [-0.2, -0.15) is 0 Å². The van der Waals surface area contributed by atoms with Gasteiger partial charge in [-0.15, -0.1) is 0 Å². The van der Waals surface area contributed by atoms with Crippen molar-refractivity contribution in [3.05, 3.63) is 83.9 Å². The third-order valence-electron chi connectivity index (χ3n) is 4.55. The number of rotatable bonds is 2. The molecule has 0 aliphatic carbocycles. The fourth-order valence-electron chi connectivity index (χ4n) is 3.34. The second kappa shape index (κ2) is 6.30. The van der Waals surface area contributed by atoms with E-state index in [2.05, 4.69) is 17.0 Å². The lowest BCUT2D eigenvalue weighted by Gasteiger charge is -2.34. The molecule has 0 radical (unpaired) electrons. The fraction of sp³-hybridized carbons (Fsp3) is 0.0952. The maximum absolute atomic E-state index is 13.2. The Hall–Kier alpha value is -2.72. The first-order valence-electron chi connectivity index (χ1n) is 8.14. The molecule has 1 aliphatic rings. The van der Waals surface area contributed by atoms with Crippen LogP contribution in [0.4, 0.5) is 17.1 Å². The molecule has 1 heterocycles. The number of anilines is 3. The average Bonchev–Trinajstić information content (AvgIpc) is 2.64. The van der Waals surface area contributed by atoms with Gasteiger partial charge in [0.25, 0.3) is 0 Å². The molecule has 0 saturated carbocycles. The van der Waals surface area contributed by atoms with Gasteiger partial charge in [-0.1, -0.05) is 48.2 Å². The van der Waals surface area contributed by atoms with E-state index in [1.807, 2.05) is 67.7 Å². The summed E-state index contributed by atoms with van der Waals surface area (Å²) in [6, 6.07) is 23.7. The minimum atomic E-state index is -0.272. The molecule has 0 bridgehead atoms. The minimum Gasteiger partial charge on any atom is -0.399 e. The number of para-hydroxylation sites is 2. The Morgan fingerprint density at radius 3 is 1.96 bits per heavy atom. The highest BCUT2D eigenvalue weighted by Crippen LogP contribution is 2.46. The Kier molecular flexibility index (Phi) is 3.98. The van der Waals surface area contributed by atoms with Gasteiger partial charge in [0.1, 0.15) is 0 Å². The van der Waals surface area contributed by atoms with E-state index in [0.29, 0.717) is 5.69 Å². The predicted molar refractivity (Wildman–Crippen MR) is 105 cm³/mol. The number of carbonyl (C=O) groups excluding carboxylic acids is 1. The van der Waals surface area contributed by atoms with E-state index in [9.17, 15) is 4.79 Å². The van der Waals surface area contributed by atoms with Crippen LogP contribution in [-0.2, 0) is 4.79 Å². The van der Waals surface area contributed by atoms with Crippen LogP contribution in [0, 0.1) is 0 Å². The van der Waals surface area contributed by atoms with Crippen molar-refractivity contribution in [3.8, 4) is 0 Å². The molecule has 25 heavy (non-hydrogen) atoms. The molecule has 124 valence electrons. The van der Waals surface area contributed by atoms with Crippen LogP contribution in [0.2, 0.25) is 0 Å². The first-order valence-corrected chi connectivity index (χ1v) is 8.95. The lowest BCUT2D eigenvalue weighted by molar-refractivity contribution is -0.111. The molecular formula is C21H18N2OS. The molecule has 0 unspecified atom stereocenters. The van der Waals surface area contributed by atoms with E-state index in [1.165, 1.54) is 11.8 Å². The van der Waals surface area contributed by atoms with Crippen LogP contribution in [0.5, 0.6) is 0 Å². The van der Waals surface area contributed by atoms with E-state index in [0.717, 1.165) is 27.4 Å². The molecule has 3 aromatic rings. The molecule has 3 aromatic carbocycles. The third-order valence-corrected chi connectivity index (χ3v) is 5.50. The Labute approximate surface area is 151 Å². The van der Waals surface area contributed by atoms with Gasteiger partial charge in [-0.25, -0.2) is 0 Å². The maximum Gasteiger partial charge on any atom is 0.205 e. The van der Waals surface area contributed by atoms with Crippen molar-refractivity contribution in [2.24, 2.45) is 0 Å². The zero-order chi connectivity index (χ0) is 17.4. The molecule has 1 aliphatic heterocycles. The summed E-state index contributed by atoms with van der Waals surface area (Å²) < 4.78 is 0. The number of carbonyl (C=O) groups is 1. The van der Waals surface area contributed by atoms with E-state index in [-0.39, 0.29) is 11.0 Å². The highest BCUT2D eigenvalue weighted by Gasteiger charge is 2.33. The monoisotopic (exact) mass is 346 g/mol. The summed E-state index contributed by atoms with van der Waals surface area (Å²) in [5, 5.41) is 0.123. The number of hydrogen-bond acceptors (Lipinski definition) is 4. The smallest absolute Gasteiger partial charge is 0.205 e. The van der Waals surface area contributed by atoms with Gasteiger partial charge in [0.05, 0.1) is 5.92 Å². The third kappa shape index (κ3) is 2.79. The Balaban J connectivity index is 1.77. The zero-order valence-corrected chi connectivity index (χ0v) is 14.7. The van der Waals surface area contributed by atoms with Crippen molar-refractivity contribution in [1.82, 2.24) is 0 Å². The van der Waals surface area contributed by atoms with Crippen molar-refractivity contribution >= 4 is 33.9 Å². The van der Waals surface area contributed by atoms with Gasteiger partial charge in [-0.3, -0.25) is 4.79 Å². The normalized spacial score (nSPS) is 13.2. The molecule has 0 fully saturated rings. The van der Waals surface area contributed by atoms with E-state index in [4.69, 9.17) is 5.73 Å². The van der Waals surface area contributed by atoms with Gasteiger partial charge >= 0.3 is 0 Å². The van der Waals surface area contributed by atoms with Gasteiger partial charge in [0.2, 0.25) is 5.12 Å². The summed E-state index contributed by atoms with van der Waals surface area (Å²) in [7, 11) is 2.05. The Morgan fingerprint density at radius 2 is 1.40 bits per heavy atom. The van der Waals surface area contributed by atoms with Crippen molar-refractivity contribution in [1.29, 1.82) is 0 Å². The average molecular weight is 346 g/mol. The first kappa shape index (κ1) is 15.8. The van der Waals surface area contributed by atoms with Crippen LogP contribution in [0.1, 0.15) is 17.0 Å².